The average molecular weight is 252 g/mol. The lowest BCUT2D eigenvalue weighted by Gasteiger charge is -2.01. The molecule has 19 heavy (non-hydrogen) atoms. The van der Waals surface area contributed by atoms with Gasteiger partial charge in [0, 0.05) is 11.6 Å². The molecule has 0 saturated carbocycles. The van der Waals surface area contributed by atoms with Crippen LogP contribution in [-0.4, -0.2) is 12.3 Å². The van der Waals surface area contributed by atoms with Crippen molar-refractivity contribution in [2.75, 3.05) is 0 Å². The number of benzene rings is 2. The highest BCUT2D eigenvalue weighted by atomic mass is 16.5. The predicted molar refractivity (Wildman–Crippen MR) is 72.9 cm³/mol. The molecule has 0 aliphatic rings. The molecule has 0 aliphatic heterocycles. The average Bonchev–Trinajstić information content (AvgIpc) is 2.46. The van der Waals surface area contributed by atoms with Crippen molar-refractivity contribution >= 4 is 18.3 Å². The van der Waals surface area contributed by atoms with Gasteiger partial charge in [-0.1, -0.05) is 42.5 Å². The fourth-order valence-corrected chi connectivity index (χ4v) is 1.53. The molecule has 0 N–H and O–H groups in total. The quantitative estimate of drug-likeness (QED) is 0.363. The summed E-state index contributed by atoms with van der Waals surface area (Å²) in [5, 5.41) is 0. The Bertz CT molecular complexity index is 600. The molecule has 2 rings (SSSR count). The molecule has 0 fully saturated rings. The minimum absolute atomic E-state index is 0.354. The first-order valence-corrected chi connectivity index (χ1v) is 5.78. The monoisotopic (exact) mass is 252 g/mol. The van der Waals surface area contributed by atoms with Gasteiger partial charge in [-0.05, 0) is 23.8 Å². The number of carbonyl (C=O) groups excluding carboxylic acids is 2. The summed E-state index contributed by atoms with van der Waals surface area (Å²) in [4.78, 5) is 22.2. The molecule has 0 unspecified atom stereocenters. The van der Waals surface area contributed by atoms with E-state index in [1.54, 1.807) is 24.3 Å². The van der Waals surface area contributed by atoms with Gasteiger partial charge in [0.15, 0.2) is 0 Å². The third-order valence-corrected chi connectivity index (χ3v) is 2.42. The number of carbonyl (C=O) groups is 2. The van der Waals surface area contributed by atoms with Crippen molar-refractivity contribution in [1.82, 2.24) is 0 Å². The number of hydrogen-bond donors (Lipinski definition) is 0. The van der Waals surface area contributed by atoms with Crippen LogP contribution in [0.1, 0.15) is 15.9 Å². The highest BCUT2D eigenvalue weighted by Gasteiger charge is 2.01. The van der Waals surface area contributed by atoms with E-state index in [2.05, 4.69) is 0 Å². The molecular formula is C16H12O3. The Hall–Kier alpha value is -2.68. The van der Waals surface area contributed by atoms with Gasteiger partial charge in [-0.3, -0.25) is 4.79 Å². The maximum atomic E-state index is 11.6. The van der Waals surface area contributed by atoms with Crippen molar-refractivity contribution in [2.45, 2.75) is 0 Å². The van der Waals surface area contributed by atoms with E-state index in [-0.39, 0.29) is 0 Å². The van der Waals surface area contributed by atoms with Gasteiger partial charge in [-0.2, -0.15) is 0 Å². The molecule has 0 aliphatic carbocycles. The molecule has 94 valence electrons. The van der Waals surface area contributed by atoms with Crippen molar-refractivity contribution in [1.29, 1.82) is 0 Å². The smallest absolute Gasteiger partial charge is 0.336 e. The van der Waals surface area contributed by atoms with Gasteiger partial charge in [0.2, 0.25) is 0 Å². The van der Waals surface area contributed by atoms with Crippen LogP contribution in [0.3, 0.4) is 0 Å². The van der Waals surface area contributed by atoms with Gasteiger partial charge in [-0.15, -0.1) is 0 Å². The normalized spacial score (nSPS) is 10.3. The molecule has 0 bridgehead atoms. The highest BCUT2D eigenvalue weighted by molar-refractivity contribution is 5.89. The van der Waals surface area contributed by atoms with Crippen LogP contribution >= 0.6 is 0 Å². The zero-order chi connectivity index (χ0) is 13.5. The summed E-state index contributed by atoms with van der Waals surface area (Å²) in [7, 11) is 0. The van der Waals surface area contributed by atoms with Crippen molar-refractivity contribution < 1.29 is 14.3 Å². The fraction of sp³-hybridized carbons (Fsp3) is 0. The number of ether oxygens (including phenoxy) is 1. The van der Waals surface area contributed by atoms with E-state index >= 15 is 0 Å². The number of hydrogen-bond acceptors (Lipinski definition) is 3. The molecule has 0 heterocycles. The second kappa shape index (κ2) is 6.31. The minimum atomic E-state index is -0.480. The third kappa shape index (κ3) is 3.92. The predicted octanol–water partition coefficient (Wildman–Crippen LogP) is 3.12. The first-order valence-electron chi connectivity index (χ1n) is 5.78. The van der Waals surface area contributed by atoms with E-state index < -0.39 is 5.97 Å². The summed E-state index contributed by atoms with van der Waals surface area (Å²) in [6.45, 7) is 0. The summed E-state index contributed by atoms with van der Waals surface area (Å²) >= 11 is 0. The van der Waals surface area contributed by atoms with Crippen molar-refractivity contribution in [3.8, 4) is 5.75 Å². The Kier molecular flexibility index (Phi) is 4.24. The van der Waals surface area contributed by atoms with Gasteiger partial charge in [-0.25, -0.2) is 4.79 Å². The molecule has 0 atom stereocenters. The lowest BCUT2D eigenvalue weighted by Crippen LogP contribution is -2.03. The second-order valence-electron chi connectivity index (χ2n) is 3.86. The number of esters is 1. The molecule has 3 nitrogen and oxygen atoms in total. The zero-order valence-electron chi connectivity index (χ0n) is 10.2. The molecule has 2 aromatic carbocycles. The first kappa shape index (κ1) is 12.8. The fourth-order valence-electron chi connectivity index (χ4n) is 1.53. The van der Waals surface area contributed by atoms with Crippen LogP contribution in [-0.2, 0) is 4.79 Å². The standard InChI is InChI=1S/C16H12O3/c17-12-14-7-4-8-15(11-14)19-16(18)10-9-13-5-2-1-3-6-13/h1-12H/b10-9+. The Balaban J connectivity index is 2.01. The Morgan fingerprint density at radius 2 is 1.68 bits per heavy atom. The number of aldehydes is 1. The lowest BCUT2D eigenvalue weighted by molar-refractivity contribution is -0.128. The van der Waals surface area contributed by atoms with Crippen LogP contribution in [0.25, 0.3) is 6.08 Å². The Morgan fingerprint density at radius 1 is 0.947 bits per heavy atom. The van der Waals surface area contributed by atoms with Gasteiger partial charge in [0.1, 0.15) is 12.0 Å². The van der Waals surface area contributed by atoms with Crippen LogP contribution in [0.4, 0.5) is 0 Å². The zero-order valence-corrected chi connectivity index (χ0v) is 10.2. The van der Waals surface area contributed by atoms with E-state index in [9.17, 15) is 9.59 Å². The van der Waals surface area contributed by atoms with E-state index in [0.29, 0.717) is 17.6 Å². The highest BCUT2D eigenvalue weighted by Crippen LogP contribution is 2.12. The lowest BCUT2D eigenvalue weighted by atomic mass is 10.2. The Morgan fingerprint density at radius 3 is 2.42 bits per heavy atom. The summed E-state index contributed by atoms with van der Waals surface area (Å²) < 4.78 is 5.09. The molecular weight excluding hydrogens is 240 g/mol. The van der Waals surface area contributed by atoms with E-state index in [0.717, 1.165) is 5.56 Å². The van der Waals surface area contributed by atoms with Crippen molar-refractivity contribution in [3.05, 3.63) is 71.8 Å². The second-order valence-corrected chi connectivity index (χ2v) is 3.86. The summed E-state index contributed by atoms with van der Waals surface area (Å²) in [6, 6.07) is 15.9. The van der Waals surface area contributed by atoms with Crippen LogP contribution in [0, 0.1) is 0 Å². The molecule has 0 radical (unpaired) electrons. The van der Waals surface area contributed by atoms with Gasteiger partial charge in [0.05, 0.1) is 0 Å². The van der Waals surface area contributed by atoms with Crippen molar-refractivity contribution in [3.63, 3.8) is 0 Å². The van der Waals surface area contributed by atoms with Crippen LogP contribution in [0.15, 0.2) is 60.7 Å². The van der Waals surface area contributed by atoms with E-state index in [1.807, 2.05) is 30.3 Å². The molecule has 0 saturated heterocycles. The molecule has 0 aromatic heterocycles. The van der Waals surface area contributed by atoms with Gasteiger partial charge in [0.25, 0.3) is 0 Å². The summed E-state index contributed by atoms with van der Waals surface area (Å²) in [5.74, 6) is -0.126. The maximum absolute atomic E-state index is 11.6. The maximum Gasteiger partial charge on any atom is 0.336 e. The SMILES string of the molecule is O=Cc1cccc(OC(=O)/C=C/c2ccccc2)c1. The molecule has 2 aromatic rings. The van der Waals surface area contributed by atoms with E-state index in [1.165, 1.54) is 12.1 Å². The molecule has 0 spiro atoms. The van der Waals surface area contributed by atoms with Gasteiger partial charge < -0.3 is 4.74 Å². The minimum Gasteiger partial charge on any atom is -0.423 e. The topological polar surface area (TPSA) is 43.4 Å². The summed E-state index contributed by atoms with van der Waals surface area (Å²) in [5.41, 5.74) is 1.39. The van der Waals surface area contributed by atoms with E-state index in [4.69, 9.17) is 4.74 Å². The molecule has 0 amide bonds. The first-order chi connectivity index (χ1) is 9.28. The molecule has 3 heteroatoms. The van der Waals surface area contributed by atoms with Crippen LogP contribution in [0.5, 0.6) is 5.75 Å². The van der Waals surface area contributed by atoms with Crippen LogP contribution < -0.4 is 4.74 Å². The van der Waals surface area contributed by atoms with Gasteiger partial charge >= 0.3 is 5.97 Å². The Labute approximate surface area is 111 Å². The number of rotatable bonds is 4. The largest absolute Gasteiger partial charge is 0.423 e. The van der Waals surface area contributed by atoms with Crippen molar-refractivity contribution in [2.24, 2.45) is 0 Å². The van der Waals surface area contributed by atoms with Crippen LogP contribution in [0.2, 0.25) is 0 Å². The summed E-state index contributed by atoms with van der Waals surface area (Å²) in [6.07, 6.45) is 3.73. The third-order valence-electron chi connectivity index (χ3n) is 2.42.